The van der Waals surface area contributed by atoms with E-state index in [0.29, 0.717) is 12.2 Å². The van der Waals surface area contributed by atoms with Crippen molar-refractivity contribution >= 4 is 38.9 Å². The van der Waals surface area contributed by atoms with E-state index in [9.17, 15) is 8.42 Å². The molecule has 150 valence electrons. The Labute approximate surface area is 170 Å². The zero-order valence-electron chi connectivity index (χ0n) is 14.8. The van der Waals surface area contributed by atoms with Gasteiger partial charge in [0.25, 0.3) is 0 Å². The smallest absolute Gasteiger partial charge is 0.245 e. The van der Waals surface area contributed by atoms with Crippen molar-refractivity contribution in [2.45, 2.75) is 31.2 Å². The summed E-state index contributed by atoms with van der Waals surface area (Å²) in [6.45, 7) is 3.87. The zero-order valence-corrected chi connectivity index (χ0v) is 17.2. The standard InChI is InChI=1S/C15H17Cl2N7O3S/c1-7(2)3-11(15-21-14(23-27-15)13-19-6-20-22-13)24-28(25,26)8-4-9(16)12(18)10(17)5-8/h4-7,11,24H,3,18H2,1-2H3,(H,19,20,22)/t11-/m1/s1. The molecule has 0 unspecified atom stereocenters. The summed E-state index contributed by atoms with van der Waals surface area (Å²) in [5.74, 6) is 0.695. The number of H-pyrrole nitrogens is 1. The van der Waals surface area contributed by atoms with Crippen LogP contribution in [0.15, 0.2) is 27.9 Å². The summed E-state index contributed by atoms with van der Waals surface area (Å²) in [5.41, 5.74) is 5.78. The second-order valence-electron chi connectivity index (χ2n) is 6.39. The summed E-state index contributed by atoms with van der Waals surface area (Å²) >= 11 is 11.9. The molecule has 1 atom stereocenters. The molecule has 1 aromatic carbocycles. The van der Waals surface area contributed by atoms with Gasteiger partial charge in [0.2, 0.25) is 21.7 Å². The Hall–Kier alpha value is -2.21. The molecule has 0 fully saturated rings. The monoisotopic (exact) mass is 445 g/mol. The molecule has 0 aliphatic rings. The third kappa shape index (κ3) is 4.43. The summed E-state index contributed by atoms with van der Waals surface area (Å²) in [7, 11) is -4.00. The fraction of sp³-hybridized carbons (Fsp3) is 0.333. The molecule has 0 bridgehead atoms. The van der Waals surface area contributed by atoms with Crippen molar-refractivity contribution in [2.24, 2.45) is 5.92 Å². The van der Waals surface area contributed by atoms with Crippen molar-refractivity contribution in [3.05, 3.63) is 34.4 Å². The van der Waals surface area contributed by atoms with E-state index >= 15 is 0 Å². The molecule has 0 aliphatic carbocycles. The van der Waals surface area contributed by atoms with E-state index in [4.69, 9.17) is 33.5 Å². The summed E-state index contributed by atoms with van der Waals surface area (Å²) in [6, 6.07) is 1.68. The van der Waals surface area contributed by atoms with Crippen molar-refractivity contribution in [1.29, 1.82) is 0 Å². The Morgan fingerprint density at radius 3 is 2.54 bits per heavy atom. The Bertz CT molecular complexity index is 1040. The molecule has 3 rings (SSSR count). The lowest BCUT2D eigenvalue weighted by molar-refractivity contribution is 0.323. The van der Waals surface area contributed by atoms with Crippen molar-refractivity contribution in [2.75, 3.05) is 5.73 Å². The molecule has 0 saturated heterocycles. The van der Waals surface area contributed by atoms with Crippen LogP contribution < -0.4 is 10.5 Å². The van der Waals surface area contributed by atoms with Crippen LogP contribution in [0.25, 0.3) is 11.6 Å². The van der Waals surface area contributed by atoms with E-state index in [1.807, 2.05) is 13.8 Å². The van der Waals surface area contributed by atoms with Crippen molar-refractivity contribution in [3.8, 4) is 11.6 Å². The van der Waals surface area contributed by atoms with Gasteiger partial charge in [-0.05, 0) is 24.5 Å². The van der Waals surface area contributed by atoms with Gasteiger partial charge < -0.3 is 10.3 Å². The highest BCUT2D eigenvalue weighted by molar-refractivity contribution is 7.89. The minimum Gasteiger partial charge on any atom is -0.396 e. The highest BCUT2D eigenvalue weighted by Gasteiger charge is 2.28. The average Bonchev–Trinajstić information content (AvgIpc) is 3.29. The molecular formula is C15H17Cl2N7O3S. The highest BCUT2D eigenvalue weighted by Crippen LogP contribution is 2.32. The molecule has 0 amide bonds. The molecule has 2 aromatic heterocycles. The van der Waals surface area contributed by atoms with Crippen molar-refractivity contribution in [1.82, 2.24) is 30.0 Å². The first-order chi connectivity index (χ1) is 13.2. The molecule has 4 N–H and O–H groups in total. The Morgan fingerprint density at radius 2 is 1.96 bits per heavy atom. The minimum atomic E-state index is -4.00. The third-order valence-corrected chi connectivity index (χ3v) is 5.81. The molecule has 0 spiro atoms. The van der Waals surface area contributed by atoms with E-state index in [2.05, 4.69) is 30.0 Å². The first-order valence-corrected chi connectivity index (χ1v) is 10.4. The fourth-order valence-corrected chi connectivity index (χ4v) is 4.30. The molecule has 28 heavy (non-hydrogen) atoms. The minimum absolute atomic E-state index is 0.0404. The summed E-state index contributed by atoms with van der Waals surface area (Å²) in [6.07, 6.45) is 1.71. The Morgan fingerprint density at radius 1 is 1.29 bits per heavy atom. The number of halogens is 2. The van der Waals surface area contributed by atoms with Crippen LogP contribution in [-0.2, 0) is 10.0 Å². The highest BCUT2D eigenvalue weighted by atomic mass is 35.5. The number of hydrogen-bond acceptors (Lipinski definition) is 8. The SMILES string of the molecule is CC(C)C[C@@H](NS(=O)(=O)c1cc(Cl)c(N)c(Cl)c1)c1nc(-c2ncn[nH]2)no1. The number of nitrogens with two attached hydrogens (primary N) is 1. The number of nitrogens with one attached hydrogen (secondary N) is 2. The predicted molar refractivity (Wildman–Crippen MR) is 103 cm³/mol. The van der Waals surface area contributed by atoms with E-state index in [1.54, 1.807) is 0 Å². The molecule has 2 heterocycles. The van der Waals surface area contributed by atoms with Gasteiger partial charge in [0.15, 0.2) is 5.82 Å². The largest absolute Gasteiger partial charge is 0.396 e. The first-order valence-electron chi connectivity index (χ1n) is 8.13. The van der Waals surface area contributed by atoms with Gasteiger partial charge in [0.05, 0.1) is 20.6 Å². The number of aromatic nitrogens is 5. The second-order valence-corrected chi connectivity index (χ2v) is 8.92. The fourth-order valence-electron chi connectivity index (χ4n) is 2.43. The lowest BCUT2D eigenvalue weighted by atomic mass is 10.0. The summed E-state index contributed by atoms with van der Waals surface area (Å²) in [4.78, 5) is 8.04. The number of nitrogen functional groups attached to an aromatic ring is 1. The predicted octanol–water partition coefficient (Wildman–Crippen LogP) is 2.81. The molecule has 3 aromatic rings. The molecule has 10 nitrogen and oxygen atoms in total. The second kappa shape index (κ2) is 8.03. The van der Waals surface area contributed by atoms with Crippen LogP contribution in [0.1, 0.15) is 32.2 Å². The van der Waals surface area contributed by atoms with Gasteiger partial charge in [0.1, 0.15) is 12.4 Å². The average molecular weight is 446 g/mol. The van der Waals surface area contributed by atoms with Crippen molar-refractivity contribution < 1.29 is 12.9 Å². The maximum Gasteiger partial charge on any atom is 0.245 e. The molecule has 0 radical (unpaired) electrons. The van der Waals surface area contributed by atoms with Crippen LogP contribution in [-0.4, -0.2) is 33.7 Å². The number of hydrogen-bond donors (Lipinski definition) is 3. The molecule has 0 saturated carbocycles. The van der Waals surface area contributed by atoms with Crippen LogP contribution in [0, 0.1) is 5.92 Å². The number of nitrogens with zero attached hydrogens (tertiary/aromatic N) is 4. The van der Waals surface area contributed by atoms with Gasteiger partial charge in [-0.3, -0.25) is 5.10 Å². The number of rotatable bonds is 7. The first kappa shape index (κ1) is 20.5. The molecule has 0 aliphatic heterocycles. The summed E-state index contributed by atoms with van der Waals surface area (Å²) in [5, 5.41) is 10.2. The van der Waals surface area contributed by atoms with E-state index in [-0.39, 0.29) is 38.3 Å². The quantitative estimate of drug-likeness (QED) is 0.469. The normalized spacial score (nSPS) is 13.2. The van der Waals surface area contributed by atoms with Crippen LogP contribution in [0.5, 0.6) is 0 Å². The van der Waals surface area contributed by atoms with E-state index in [0.717, 1.165) is 0 Å². The van der Waals surface area contributed by atoms with E-state index in [1.165, 1.54) is 18.5 Å². The zero-order chi connectivity index (χ0) is 20.5. The van der Waals surface area contributed by atoms with Gasteiger partial charge in [0, 0.05) is 0 Å². The van der Waals surface area contributed by atoms with Gasteiger partial charge in [-0.25, -0.2) is 13.4 Å². The van der Waals surface area contributed by atoms with Gasteiger partial charge in [-0.15, -0.1) is 0 Å². The van der Waals surface area contributed by atoms with E-state index < -0.39 is 16.1 Å². The van der Waals surface area contributed by atoms with Gasteiger partial charge in [-0.1, -0.05) is 42.2 Å². The molecule has 13 heteroatoms. The Balaban J connectivity index is 1.92. The van der Waals surface area contributed by atoms with Crippen LogP contribution >= 0.6 is 23.2 Å². The third-order valence-electron chi connectivity index (χ3n) is 3.73. The van der Waals surface area contributed by atoms with Crippen LogP contribution in [0.2, 0.25) is 10.0 Å². The topological polar surface area (TPSA) is 153 Å². The Kier molecular flexibility index (Phi) is 5.89. The number of aromatic amines is 1. The van der Waals surface area contributed by atoms with Crippen LogP contribution in [0.4, 0.5) is 5.69 Å². The van der Waals surface area contributed by atoms with Gasteiger partial charge in [-0.2, -0.15) is 14.8 Å². The molecular weight excluding hydrogens is 429 g/mol. The lowest BCUT2D eigenvalue weighted by Crippen LogP contribution is -2.30. The maximum absolute atomic E-state index is 12.9. The lowest BCUT2D eigenvalue weighted by Gasteiger charge is -2.17. The van der Waals surface area contributed by atoms with Crippen molar-refractivity contribution in [3.63, 3.8) is 0 Å². The maximum atomic E-state index is 12.9. The van der Waals surface area contributed by atoms with Gasteiger partial charge >= 0.3 is 0 Å². The van der Waals surface area contributed by atoms with Crippen LogP contribution in [0.3, 0.4) is 0 Å². The number of anilines is 1. The number of benzene rings is 1. The number of sulfonamides is 1. The summed E-state index contributed by atoms with van der Waals surface area (Å²) < 4.78 is 33.5.